The van der Waals surface area contributed by atoms with Crippen LogP contribution in [-0.2, 0) is 27.4 Å². The number of carbonyl (C=O) groups excluding carboxylic acids is 3. The van der Waals surface area contributed by atoms with E-state index in [1.165, 1.54) is 0 Å². The van der Waals surface area contributed by atoms with Crippen molar-refractivity contribution in [2.24, 2.45) is 0 Å². The van der Waals surface area contributed by atoms with Gasteiger partial charge in [-0.25, -0.2) is 0 Å². The molecule has 3 amide bonds. The molecule has 3 aliphatic rings. The Hall–Kier alpha value is -2.29. The van der Waals surface area contributed by atoms with Crippen molar-refractivity contribution in [2.45, 2.75) is 44.1 Å². The van der Waals surface area contributed by atoms with Crippen molar-refractivity contribution < 1.29 is 19.1 Å². The third-order valence-corrected chi connectivity index (χ3v) is 5.62. The van der Waals surface area contributed by atoms with E-state index >= 15 is 0 Å². The molecule has 0 radical (unpaired) electrons. The number of piperidine rings is 1. The molecule has 1 unspecified atom stereocenters. The number of nitrogens with one attached hydrogen (secondary N) is 3. The lowest BCUT2D eigenvalue weighted by molar-refractivity contribution is -0.136. The fraction of sp³-hybridized carbons (Fsp3) is 0.526. The van der Waals surface area contributed by atoms with Crippen LogP contribution in [0.3, 0.4) is 0 Å². The smallest absolute Gasteiger partial charge is 0.255 e. The van der Waals surface area contributed by atoms with Crippen LogP contribution >= 0.6 is 0 Å². The molecule has 2 saturated heterocycles. The standard InChI is InChI=1S/C19H24N4O4/c1-27-16-9-20-8-14(16)21-7-11-2-3-12-10-23(19(26)13(12)6-11)15-4-5-17(24)22-18(15)25/h2-3,6,14-16,20-21H,4-5,7-10H2,1H3,(H,22,24,25)/t14-,15?,16+/m0/s1. The molecule has 8 heteroatoms. The number of amides is 3. The predicted molar refractivity (Wildman–Crippen MR) is 96.8 cm³/mol. The molecule has 2 fully saturated rings. The highest BCUT2D eigenvalue weighted by Crippen LogP contribution is 2.28. The minimum absolute atomic E-state index is 0.140. The van der Waals surface area contributed by atoms with Crippen LogP contribution in [0.4, 0.5) is 0 Å². The monoisotopic (exact) mass is 372 g/mol. The molecule has 0 aliphatic carbocycles. The van der Waals surface area contributed by atoms with Crippen molar-refractivity contribution in [3.63, 3.8) is 0 Å². The van der Waals surface area contributed by atoms with Crippen LogP contribution in [0.1, 0.15) is 34.3 Å². The van der Waals surface area contributed by atoms with Crippen LogP contribution in [-0.4, -0.2) is 61.0 Å². The highest BCUT2D eigenvalue weighted by Gasteiger charge is 2.39. The number of benzene rings is 1. The first-order chi connectivity index (χ1) is 13.1. The van der Waals surface area contributed by atoms with Gasteiger partial charge in [-0.2, -0.15) is 0 Å². The maximum atomic E-state index is 12.8. The van der Waals surface area contributed by atoms with Crippen LogP contribution in [0.25, 0.3) is 0 Å². The summed E-state index contributed by atoms with van der Waals surface area (Å²) in [6.07, 6.45) is 0.789. The molecular formula is C19H24N4O4. The zero-order valence-corrected chi connectivity index (χ0v) is 15.3. The van der Waals surface area contributed by atoms with Crippen LogP contribution in [0.2, 0.25) is 0 Å². The van der Waals surface area contributed by atoms with Gasteiger partial charge >= 0.3 is 0 Å². The Morgan fingerprint density at radius 1 is 1.26 bits per heavy atom. The summed E-state index contributed by atoms with van der Waals surface area (Å²) < 4.78 is 5.45. The summed E-state index contributed by atoms with van der Waals surface area (Å²) in [5, 5.41) is 9.10. The van der Waals surface area contributed by atoms with Crippen molar-refractivity contribution in [3.8, 4) is 0 Å². The van der Waals surface area contributed by atoms with E-state index in [2.05, 4.69) is 16.0 Å². The van der Waals surface area contributed by atoms with E-state index in [1.54, 1.807) is 12.0 Å². The number of imide groups is 1. The van der Waals surface area contributed by atoms with Gasteiger partial charge in [0.15, 0.2) is 0 Å². The lowest BCUT2D eigenvalue weighted by Gasteiger charge is -2.29. The van der Waals surface area contributed by atoms with Crippen molar-refractivity contribution >= 4 is 17.7 Å². The highest BCUT2D eigenvalue weighted by molar-refractivity contribution is 6.05. The summed E-state index contributed by atoms with van der Waals surface area (Å²) in [5.74, 6) is -0.795. The summed E-state index contributed by atoms with van der Waals surface area (Å²) in [5.41, 5.74) is 2.59. The number of rotatable bonds is 5. The van der Waals surface area contributed by atoms with Gasteiger partial charge in [-0.05, 0) is 23.6 Å². The molecule has 1 aromatic rings. The van der Waals surface area contributed by atoms with Crippen LogP contribution in [0, 0.1) is 0 Å². The van der Waals surface area contributed by atoms with Crippen molar-refractivity contribution in [3.05, 3.63) is 34.9 Å². The van der Waals surface area contributed by atoms with E-state index < -0.39 is 6.04 Å². The van der Waals surface area contributed by atoms with Gasteiger partial charge in [0.05, 0.1) is 6.10 Å². The van der Waals surface area contributed by atoms with E-state index in [4.69, 9.17) is 4.74 Å². The minimum Gasteiger partial charge on any atom is -0.378 e. The lowest BCUT2D eigenvalue weighted by atomic mass is 10.0. The average Bonchev–Trinajstić information content (AvgIpc) is 3.24. The molecule has 0 bridgehead atoms. The zero-order chi connectivity index (χ0) is 19.0. The minimum atomic E-state index is -0.573. The Morgan fingerprint density at radius 3 is 2.89 bits per heavy atom. The summed E-state index contributed by atoms with van der Waals surface area (Å²) in [6.45, 7) is 2.74. The maximum absolute atomic E-state index is 12.8. The summed E-state index contributed by atoms with van der Waals surface area (Å²) >= 11 is 0. The van der Waals surface area contributed by atoms with E-state index in [0.717, 1.165) is 24.2 Å². The molecule has 144 valence electrons. The van der Waals surface area contributed by atoms with E-state index in [-0.39, 0.29) is 36.3 Å². The van der Waals surface area contributed by atoms with Crippen LogP contribution in [0.5, 0.6) is 0 Å². The first-order valence-corrected chi connectivity index (χ1v) is 9.30. The zero-order valence-electron chi connectivity index (χ0n) is 15.3. The van der Waals surface area contributed by atoms with Crippen LogP contribution < -0.4 is 16.0 Å². The topological polar surface area (TPSA) is 99.8 Å². The molecule has 3 aliphatic heterocycles. The Kier molecular flexibility index (Phi) is 4.94. The largest absolute Gasteiger partial charge is 0.378 e. The Balaban J connectivity index is 1.43. The second-order valence-corrected chi connectivity index (χ2v) is 7.31. The van der Waals surface area contributed by atoms with Crippen LogP contribution in [0.15, 0.2) is 18.2 Å². The first-order valence-electron chi connectivity index (χ1n) is 9.30. The highest BCUT2D eigenvalue weighted by atomic mass is 16.5. The van der Waals surface area contributed by atoms with E-state index in [0.29, 0.717) is 25.1 Å². The molecule has 0 saturated carbocycles. The number of ether oxygens (including phenoxy) is 1. The van der Waals surface area contributed by atoms with Gasteiger partial charge in [0.1, 0.15) is 6.04 Å². The number of fused-ring (bicyclic) bond motifs is 1. The second kappa shape index (κ2) is 7.38. The molecule has 1 aromatic carbocycles. The van der Waals surface area contributed by atoms with Gasteiger partial charge in [0, 0.05) is 51.3 Å². The quantitative estimate of drug-likeness (QED) is 0.604. The van der Waals surface area contributed by atoms with Crippen molar-refractivity contribution in [1.82, 2.24) is 20.9 Å². The van der Waals surface area contributed by atoms with Crippen molar-refractivity contribution in [2.75, 3.05) is 20.2 Å². The fourth-order valence-corrected chi connectivity index (χ4v) is 4.07. The third kappa shape index (κ3) is 3.47. The molecule has 27 heavy (non-hydrogen) atoms. The number of hydrogen-bond donors (Lipinski definition) is 3. The average molecular weight is 372 g/mol. The molecule has 0 aromatic heterocycles. The molecule has 0 spiro atoms. The van der Waals surface area contributed by atoms with Gasteiger partial charge in [0.25, 0.3) is 5.91 Å². The summed E-state index contributed by atoms with van der Waals surface area (Å²) in [4.78, 5) is 37.9. The van der Waals surface area contributed by atoms with Gasteiger partial charge < -0.3 is 20.3 Å². The Morgan fingerprint density at radius 2 is 2.11 bits per heavy atom. The second-order valence-electron chi connectivity index (χ2n) is 7.31. The predicted octanol–water partition coefficient (Wildman–Crippen LogP) is -0.476. The van der Waals surface area contributed by atoms with E-state index in [9.17, 15) is 14.4 Å². The number of nitrogens with zero attached hydrogens (tertiary/aromatic N) is 1. The number of hydrogen-bond acceptors (Lipinski definition) is 6. The molecular weight excluding hydrogens is 348 g/mol. The Bertz CT molecular complexity index is 781. The summed E-state index contributed by atoms with van der Waals surface area (Å²) in [6, 6.07) is 5.53. The van der Waals surface area contributed by atoms with Gasteiger partial charge in [-0.3, -0.25) is 19.7 Å². The van der Waals surface area contributed by atoms with Gasteiger partial charge in [-0.1, -0.05) is 12.1 Å². The molecule has 3 heterocycles. The molecule has 4 rings (SSSR count). The maximum Gasteiger partial charge on any atom is 0.255 e. The molecule has 3 N–H and O–H groups in total. The molecule has 8 nitrogen and oxygen atoms in total. The normalized spacial score (nSPS) is 27.8. The van der Waals surface area contributed by atoms with E-state index in [1.807, 2.05) is 18.2 Å². The number of carbonyl (C=O) groups is 3. The number of methoxy groups -OCH3 is 1. The lowest BCUT2D eigenvalue weighted by Crippen LogP contribution is -2.52. The van der Waals surface area contributed by atoms with Crippen molar-refractivity contribution in [1.29, 1.82) is 0 Å². The fourth-order valence-electron chi connectivity index (χ4n) is 4.07. The SMILES string of the molecule is CO[C@@H]1CNC[C@@H]1NCc1ccc2c(c1)C(=O)N(C1CCC(=O)NC1=O)C2. The molecule has 3 atom stereocenters. The van der Waals surface area contributed by atoms with Gasteiger partial charge in [0.2, 0.25) is 11.8 Å². The summed E-state index contributed by atoms with van der Waals surface area (Å²) in [7, 11) is 1.71. The van der Waals surface area contributed by atoms with Gasteiger partial charge in [-0.15, -0.1) is 0 Å². The first kappa shape index (κ1) is 18.1. The third-order valence-electron chi connectivity index (χ3n) is 5.62. The Labute approximate surface area is 157 Å².